The van der Waals surface area contributed by atoms with Crippen molar-refractivity contribution in [1.29, 1.82) is 0 Å². The molecule has 1 aromatic heterocycles. The number of aromatic nitrogens is 1. The van der Waals surface area contributed by atoms with Crippen LogP contribution in [0.2, 0.25) is 0 Å². The smallest absolute Gasteiger partial charge is 0.0746 e. The molecule has 2 nitrogen and oxygen atoms in total. The molecule has 1 atom stereocenters. The first-order valence-electron chi connectivity index (χ1n) is 8.51. The Bertz CT molecular complexity index is 777. The molecule has 0 aliphatic carbocycles. The molecule has 2 heteroatoms. The van der Waals surface area contributed by atoms with E-state index in [1.807, 2.05) is 12.3 Å². The second kappa shape index (κ2) is 6.51. The summed E-state index contributed by atoms with van der Waals surface area (Å²) in [5.74, 6) is 0. The second-order valence-corrected chi connectivity index (χ2v) is 6.45. The van der Waals surface area contributed by atoms with Crippen LogP contribution in [0.3, 0.4) is 0 Å². The van der Waals surface area contributed by atoms with Crippen molar-refractivity contribution in [2.75, 3.05) is 6.54 Å². The van der Waals surface area contributed by atoms with Gasteiger partial charge in [0.05, 0.1) is 5.52 Å². The molecule has 0 N–H and O–H groups in total. The monoisotopic (exact) mass is 302 g/mol. The van der Waals surface area contributed by atoms with Crippen LogP contribution < -0.4 is 0 Å². The minimum atomic E-state index is 0.649. The highest BCUT2D eigenvalue weighted by atomic mass is 15.2. The molecule has 0 saturated carbocycles. The van der Waals surface area contributed by atoms with Gasteiger partial charge < -0.3 is 0 Å². The fraction of sp³-hybridized carbons (Fsp3) is 0.286. The molecule has 1 aliphatic heterocycles. The Labute approximate surface area is 137 Å². The molecular weight excluding hydrogens is 280 g/mol. The van der Waals surface area contributed by atoms with Crippen molar-refractivity contribution in [3.63, 3.8) is 0 Å². The van der Waals surface area contributed by atoms with E-state index in [0.717, 1.165) is 18.5 Å². The third-order valence-corrected chi connectivity index (χ3v) is 4.90. The van der Waals surface area contributed by atoms with Gasteiger partial charge in [-0.15, -0.1) is 0 Å². The fourth-order valence-corrected chi connectivity index (χ4v) is 3.73. The van der Waals surface area contributed by atoms with Crippen LogP contribution in [0, 0.1) is 0 Å². The predicted molar refractivity (Wildman–Crippen MR) is 95.3 cm³/mol. The van der Waals surface area contributed by atoms with E-state index < -0.39 is 0 Å². The third-order valence-electron chi connectivity index (χ3n) is 4.90. The minimum Gasteiger partial charge on any atom is -0.296 e. The van der Waals surface area contributed by atoms with E-state index in [0.29, 0.717) is 6.04 Å². The van der Waals surface area contributed by atoms with Crippen LogP contribution in [0.4, 0.5) is 0 Å². The molecule has 0 unspecified atom stereocenters. The Balaban J connectivity index is 1.55. The Morgan fingerprint density at radius 1 is 0.957 bits per heavy atom. The van der Waals surface area contributed by atoms with Crippen LogP contribution in [0.15, 0.2) is 66.9 Å². The van der Waals surface area contributed by atoms with Crippen molar-refractivity contribution in [3.8, 4) is 0 Å². The topological polar surface area (TPSA) is 16.1 Å². The van der Waals surface area contributed by atoms with Crippen LogP contribution >= 0.6 is 0 Å². The van der Waals surface area contributed by atoms with Crippen molar-refractivity contribution in [2.45, 2.75) is 31.8 Å². The zero-order valence-corrected chi connectivity index (χ0v) is 13.4. The van der Waals surface area contributed by atoms with Gasteiger partial charge in [-0.3, -0.25) is 9.88 Å². The number of hydrogen-bond acceptors (Lipinski definition) is 2. The lowest BCUT2D eigenvalue weighted by Crippen LogP contribution is -2.30. The summed E-state index contributed by atoms with van der Waals surface area (Å²) in [6, 6.07) is 22.2. The lowest BCUT2D eigenvalue weighted by molar-refractivity contribution is 0.244. The second-order valence-electron chi connectivity index (χ2n) is 6.45. The molecule has 0 bridgehead atoms. The summed E-state index contributed by atoms with van der Waals surface area (Å²) in [7, 11) is 0. The van der Waals surface area contributed by atoms with Gasteiger partial charge >= 0.3 is 0 Å². The lowest BCUT2D eigenvalue weighted by Gasteiger charge is -2.25. The highest BCUT2D eigenvalue weighted by molar-refractivity contribution is 5.81. The fourth-order valence-electron chi connectivity index (χ4n) is 3.73. The molecule has 1 fully saturated rings. The number of fused-ring (bicyclic) bond motifs is 1. The molecular formula is C21H22N2. The molecule has 1 saturated heterocycles. The number of hydrogen-bond donors (Lipinski definition) is 0. The van der Waals surface area contributed by atoms with E-state index in [9.17, 15) is 0 Å². The zero-order valence-electron chi connectivity index (χ0n) is 13.4. The number of likely N-dealkylation sites (tertiary alicyclic amines) is 1. The van der Waals surface area contributed by atoms with Gasteiger partial charge in [-0.2, -0.15) is 0 Å². The van der Waals surface area contributed by atoms with Gasteiger partial charge in [0.1, 0.15) is 0 Å². The van der Waals surface area contributed by atoms with Crippen molar-refractivity contribution >= 4 is 10.9 Å². The molecule has 0 spiro atoms. The van der Waals surface area contributed by atoms with Crippen molar-refractivity contribution < 1.29 is 0 Å². The van der Waals surface area contributed by atoms with E-state index in [4.69, 9.17) is 0 Å². The first-order chi connectivity index (χ1) is 11.4. The number of para-hydroxylation sites is 1. The van der Waals surface area contributed by atoms with Crippen LogP contribution in [0.1, 0.15) is 24.0 Å². The molecule has 23 heavy (non-hydrogen) atoms. The van der Waals surface area contributed by atoms with E-state index in [-0.39, 0.29) is 0 Å². The number of rotatable bonds is 4. The van der Waals surface area contributed by atoms with Gasteiger partial charge in [0, 0.05) is 24.2 Å². The molecule has 116 valence electrons. The van der Waals surface area contributed by atoms with Crippen molar-refractivity contribution in [3.05, 3.63) is 78.0 Å². The summed E-state index contributed by atoms with van der Waals surface area (Å²) < 4.78 is 0. The molecule has 4 rings (SSSR count). The summed E-state index contributed by atoms with van der Waals surface area (Å²) in [6.07, 6.45) is 5.65. The number of pyridine rings is 1. The zero-order chi connectivity index (χ0) is 15.5. The highest BCUT2D eigenvalue weighted by Gasteiger charge is 2.25. The first-order valence-corrected chi connectivity index (χ1v) is 8.51. The maximum atomic E-state index is 4.61. The van der Waals surface area contributed by atoms with E-state index in [1.165, 1.54) is 35.9 Å². The Hall–Kier alpha value is -2.19. The average molecular weight is 302 g/mol. The van der Waals surface area contributed by atoms with Crippen molar-refractivity contribution in [2.24, 2.45) is 0 Å². The molecule has 0 amide bonds. The Morgan fingerprint density at radius 3 is 2.74 bits per heavy atom. The molecule has 3 aromatic rings. The summed E-state index contributed by atoms with van der Waals surface area (Å²) in [5.41, 5.74) is 3.95. The van der Waals surface area contributed by atoms with Gasteiger partial charge in [0.2, 0.25) is 0 Å². The first kappa shape index (κ1) is 14.4. The van der Waals surface area contributed by atoms with Gasteiger partial charge in [-0.05, 0) is 43.0 Å². The third kappa shape index (κ3) is 3.13. The largest absolute Gasteiger partial charge is 0.296 e. The summed E-state index contributed by atoms with van der Waals surface area (Å²) >= 11 is 0. The van der Waals surface area contributed by atoms with Gasteiger partial charge in [0.25, 0.3) is 0 Å². The van der Waals surface area contributed by atoms with Crippen molar-refractivity contribution in [1.82, 2.24) is 9.88 Å². The number of nitrogens with zero attached hydrogens (tertiary/aromatic N) is 2. The van der Waals surface area contributed by atoms with E-state index >= 15 is 0 Å². The summed E-state index contributed by atoms with van der Waals surface area (Å²) in [5, 5.41) is 1.24. The highest BCUT2D eigenvalue weighted by Crippen LogP contribution is 2.25. The van der Waals surface area contributed by atoms with Gasteiger partial charge in [-0.1, -0.05) is 54.6 Å². The van der Waals surface area contributed by atoms with Gasteiger partial charge in [0.15, 0.2) is 0 Å². The molecule has 2 heterocycles. The quantitative estimate of drug-likeness (QED) is 0.708. The van der Waals surface area contributed by atoms with E-state index in [2.05, 4.69) is 64.5 Å². The maximum absolute atomic E-state index is 4.61. The SMILES string of the molecule is c1ccc(C[C@H]2CCCN2Cc2cccc3cccnc23)cc1. The minimum absolute atomic E-state index is 0.649. The molecule has 2 aromatic carbocycles. The molecule has 0 radical (unpaired) electrons. The Morgan fingerprint density at radius 2 is 1.83 bits per heavy atom. The van der Waals surface area contributed by atoms with Crippen LogP contribution in [0.5, 0.6) is 0 Å². The summed E-state index contributed by atoms with van der Waals surface area (Å²) in [6.45, 7) is 2.20. The van der Waals surface area contributed by atoms with Crippen LogP contribution in [-0.4, -0.2) is 22.5 Å². The number of benzene rings is 2. The Kier molecular flexibility index (Phi) is 4.08. The van der Waals surface area contributed by atoms with Crippen LogP contribution in [-0.2, 0) is 13.0 Å². The van der Waals surface area contributed by atoms with E-state index in [1.54, 1.807) is 0 Å². The summed E-state index contributed by atoms with van der Waals surface area (Å²) in [4.78, 5) is 7.24. The predicted octanol–water partition coefficient (Wildman–Crippen LogP) is 4.44. The van der Waals surface area contributed by atoms with Gasteiger partial charge in [-0.25, -0.2) is 0 Å². The standard InChI is InChI=1S/C21H22N2/c1-2-7-17(8-3-1)15-20-12-6-14-23(20)16-19-10-4-9-18-11-5-13-22-21(18)19/h1-5,7-11,13,20H,6,12,14-16H2/t20-/m1/s1. The normalized spacial score (nSPS) is 18.5. The van der Waals surface area contributed by atoms with Crippen LogP contribution in [0.25, 0.3) is 10.9 Å². The molecule has 1 aliphatic rings. The lowest BCUT2D eigenvalue weighted by atomic mass is 10.0. The maximum Gasteiger partial charge on any atom is 0.0746 e. The average Bonchev–Trinajstić information content (AvgIpc) is 3.03.